The molecule has 0 spiro atoms. The molecule has 0 radical (unpaired) electrons. The first kappa shape index (κ1) is 15.1. The van der Waals surface area contributed by atoms with Crippen molar-refractivity contribution in [1.82, 2.24) is 4.98 Å². The number of aromatic nitrogens is 2. The first-order valence-corrected chi connectivity index (χ1v) is 7.81. The van der Waals surface area contributed by atoms with E-state index in [9.17, 15) is 22.9 Å². The Balaban J connectivity index is 2.57. The number of benzene rings is 2. The molecule has 0 saturated carbocycles. The molecule has 0 aliphatic heterocycles. The van der Waals surface area contributed by atoms with Crippen LogP contribution in [0.2, 0.25) is 0 Å². The van der Waals surface area contributed by atoms with Gasteiger partial charge in [0.05, 0.1) is 10.5 Å². The van der Waals surface area contributed by atoms with Gasteiger partial charge in [-0.05, 0) is 18.2 Å². The van der Waals surface area contributed by atoms with E-state index in [0.717, 1.165) is 12.1 Å². The maximum atomic E-state index is 11.4. The minimum absolute atomic E-state index is 0.0877. The first-order chi connectivity index (χ1) is 10.7. The van der Waals surface area contributed by atoms with Gasteiger partial charge in [0.1, 0.15) is 28.2 Å². The van der Waals surface area contributed by atoms with Gasteiger partial charge in [0.15, 0.2) is 0 Å². The van der Waals surface area contributed by atoms with Crippen LogP contribution in [0.15, 0.2) is 35.2 Å². The van der Waals surface area contributed by atoms with E-state index in [-0.39, 0.29) is 16.6 Å². The summed E-state index contributed by atoms with van der Waals surface area (Å²) in [5, 5.41) is 9.31. The van der Waals surface area contributed by atoms with E-state index in [1.807, 2.05) is 0 Å². The van der Waals surface area contributed by atoms with Gasteiger partial charge in [-0.25, -0.2) is 18.2 Å². The van der Waals surface area contributed by atoms with Crippen LogP contribution < -0.4 is 10.3 Å². The van der Waals surface area contributed by atoms with Gasteiger partial charge in [-0.15, -0.1) is 0 Å². The van der Waals surface area contributed by atoms with E-state index in [2.05, 4.69) is 4.98 Å². The van der Waals surface area contributed by atoms with Crippen LogP contribution in [0.5, 0.6) is 0 Å². The fourth-order valence-corrected chi connectivity index (χ4v) is 2.95. The maximum absolute atomic E-state index is 11.4. The van der Waals surface area contributed by atoms with Gasteiger partial charge >= 0.3 is 5.97 Å². The first-order valence-electron chi connectivity index (χ1n) is 6.40. The predicted octanol–water partition coefficient (Wildman–Crippen LogP) is 0.397. The molecule has 3 aromatic rings. The third kappa shape index (κ3) is 2.45. The van der Waals surface area contributed by atoms with Gasteiger partial charge in [-0.1, -0.05) is 0 Å². The summed E-state index contributed by atoms with van der Waals surface area (Å²) in [7, 11) is -3.20. The minimum atomic E-state index is -4.81. The lowest BCUT2D eigenvalue weighted by Gasteiger charge is -2.10. The van der Waals surface area contributed by atoms with E-state index < -0.39 is 21.0 Å². The summed E-state index contributed by atoms with van der Waals surface area (Å²) in [6.45, 7) is 0. The van der Waals surface area contributed by atoms with Crippen LogP contribution >= 0.6 is 0 Å². The second kappa shape index (κ2) is 4.86. The van der Waals surface area contributed by atoms with Crippen molar-refractivity contribution in [3.63, 3.8) is 0 Å². The zero-order valence-corrected chi connectivity index (χ0v) is 12.7. The zero-order valence-electron chi connectivity index (χ0n) is 11.8. The van der Waals surface area contributed by atoms with Crippen LogP contribution in [0.4, 0.5) is 5.69 Å². The largest absolute Gasteiger partial charge is 0.744 e. The molecule has 9 heteroatoms. The molecule has 118 valence electrons. The average Bonchev–Trinajstić information content (AvgIpc) is 2.46. The number of anilines is 1. The Bertz CT molecular complexity index is 1090. The number of carboxylic acid groups (broad SMARTS) is 1. The number of carbonyl (C=O) groups is 1. The Morgan fingerprint density at radius 3 is 2.57 bits per heavy atom. The SMILES string of the molecule is C[n+]1c2cc(N)ccc2nc2c(C(=O)O)cc(S(=O)(=O)[O-])cc21. The summed E-state index contributed by atoms with van der Waals surface area (Å²) in [4.78, 5) is 15.1. The normalized spacial score (nSPS) is 11.9. The van der Waals surface area contributed by atoms with Crippen molar-refractivity contribution < 1.29 is 27.4 Å². The summed E-state index contributed by atoms with van der Waals surface area (Å²) in [6.07, 6.45) is 0. The van der Waals surface area contributed by atoms with E-state index >= 15 is 0 Å². The highest BCUT2D eigenvalue weighted by Gasteiger charge is 2.22. The monoisotopic (exact) mass is 333 g/mol. The van der Waals surface area contributed by atoms with Gasteiger partial charge in [0, 0.05) is 17.8 Å². The Morgan fingerprint density at radius 2 is 1.96 bits per heavy atom. The van der Waals surface area contributed by atoms with Crippen molar-refractivity contribution in [3.8, 4) is 0 Å². The number of nitrogen functional groups attached to an aromatic ring is 1. The molecule has 2 aromatic carbocycles. The summed E-state index contributed by atoms with van der Waals surface area (Å²) in [5.74, 6) is -1.37. The van der Waals surface area contributed by atoms with E-state index in [0.29, 0.717) is 16.7 Å². The van der Waals surface area contributed by atoms with Crippen molar-refractivity contribution in [3.05, 3.63) is 35.9 Å². The molecule has 23 heavy (non-hydrogen) atoms. The third-order valence-electron chi connectivity index (χ3n) is 3.54. The van der Waals surface area contributed by atoms with E-state index in [1.54, 1.807) is 29.8 Å². The maximum Gasteiger partial charge on any atom is 0.338 e. The van der Waals surface area contributed by atoms with Crippen LogP contribution in [-0.4, -0.2) is 29.0 Å². The molecule has 8 nitrogen and oxygen atoms in total. The number of hydrogen-bond donors (Lipinski definition) is 2. The smallest absolute Gasteiger partial charge is 0.338 e. The van der Waals surface area contributed by atoms with Crippen molar-refractivity contribution in [2.45, 2.75) is 4.90 Å². The molecule has 0 bridgehead atoms. The van der Waals surface area contributed by atoms with Gasteiger partial charge in [-0.2, -0.15) is 4.57 Å². The van der Waals surface area contributed by atoms with Crippen molar-refractivity contribution in [2.24, 2.45) is 7.05 Å². The second-order valence-electron chi connectivity index (χ2n) is 5.02. The summed E-state index contributed by atoms with van der Waals surface area (Å²) < 4.78 is 35.4. The molecule has 0 aliphatic carbocycles. The summed E-state index contributed by atoms with van der Waals surface area (Å²) in [5.41, 5.74) is 7.22. The fraction of sp³-hybridized carbons (Fsp3) is 0.0714. The highest BCUT2D eigenvalue weighted by atomic mass is 32.2. The van der Waals surface area contributed by atoms with Crippen molar-refractivity contribution in [2.75, 3.05) is 5.73 Å². The van der Waals surface area contributed by atoms with Crippen LogP contribution in [0.1, 0.15) is 10.4 Å². The highest BCUT2D eigenvalue weighted by Crippen LogP contribution is 2.23. The zero-order chi connectivity index (χ0) is 16.9. The number of nitrogens with two attached hydrogens (primary N) is 1. The van der Waals surface area contributed by atoms with E-state index in [1.165, 1.54) is 0 Å². The molecule has 0 amide bonds. The van der Waals surface area contributed by atoms with Gasteiger partial charge in [0.2, 0.25) is 11.0 Å². The third-order valence-corrected chi connectivity index (χ3v) is 4.35. The molecular weight excluding hydrogens is 322 g/mol. The van der Waals surface area contributed by atoms with Gasteiger partial charge in [-0.3, -0.25) is 0 Å². The second-order valence-corrected chi connectivity index (χ2v) is 6.40. The van der Waals surface area contributed by atoms with Gasteiger partial charge < -0.3 is 15.4 Å². The van der Waals surface area contributed by atoms with Gasteiger partial charge in [0.25, 0.3) is 0 Å². The van der Waals surface area contributed by atoms with Crippen LogP contribution in [0.25, 0.3) is 22.1 Å². The van der Waals surface area contributed by atoms with Crippen molar-refractivity contribution in [1.29, 1.82) is 0 Å². The molecule has 1 aromatic heterocycles. The predicted molar refractivity (Wildman–Crippen MR) is 79.8 cm³/mol. The summed E-state index contributed by atoms with van der Waals surface area (Å²) in [6, 6.07) is 6.82. The highest BCUT2D eigenvalue weighted by molar-refractivity contribution is 7.85. The average molecular weight is 333 g/mol. The number of carboxylic acids is 1. The number of hydrogen-bond acceptors (Lipinski definition) is 6. The Morgan fingerprint density at radius 1 is 1.26 bits per heavy atom. The fourth-order valence-electron chi connectivity index (χ4n) is 2.43. The van der Waals surface area contributed by atoms with E-state index in [4.69, 9.17) is 5.73 Å². The lowest BCUT2D eigenvalue weighted by molar-refractivity contribution is -0.618. The number of aromatic carboxylic acids is 1. The number of nitrogens with zero attached hydrogens (tertiary/aromatic N) is 2. The van der Waals surface area contributed by atoms with Crippen molar-refractivity contribution >= 4 is 43.8 Å². The Hall–Kier alpha value is -2.78. The number of aryl methyl sites for hydroxylation is 1. The Labute approximate surface area is 130 Å². The lowest BCUT2D eigenvalue weighted by Crippen LogP contribution is -2.31. The number of fused-ring (bicyclic) bond motifs is 2. The molecule has 0 fully saturated rings. The van der Waals surface area contributed by atoms with Crippen LogP contribution in [0.3, 0.4) is 0 Å². The molecular formula is C14H11N3O5S. The topological polar surface area (TPSA) is 137 Å². The molecule has 3 N–H and O–H groups in total. The van der Waals surface area contributed by atoms with Crippen LogP contribution in [-0.2, 0) is 17.2 Å². The Kier molecular flexibility index (Phi) is 3.20. The molecule has 0 atom stereocenters. The summed E-state index contributed by atoms with van der Waals surface area (Å²) >= 11 is 0. The lowest BCUT2D eigenvalue weighted by atomic mass is 10.1. The van der Waals surface area contributed by atoms with Crippen LogP contribution in [0, 0.1) is 0 Å². The quantitative estimate of drug-likeness (QED) is 0.299. The minimum Gasteiger partial charge on any atom is -0.744 e. The molecule has 0 aliphatic rings. The molecule has 0 unspecified atom stereocenters. The standard InChI is InChI=1S/C14H11N3O5S/c1-17-11-4-7(15)2-3-10(11)16-13-9(14(18)19)5-8(6-12(13)17)23(20,21)22/h2-6,15H,1H3,(H2,18,19,20,21,22). The molecule has 3 rings (SSSR count). The molecule has 1 heterocycles. The number of rotatable bonds is 2. The molecule has 0 saturated heterocycles.